The summed E-state index contributed by atoms with van der Waals surface area (Å²) in [6, 6.07) is 9.35. The zero-order valence-electron chi connectivity index (χ0n) is 18.4. The molecular weight excluding hydrogens is 533 g/mol. The molecule has 0 bridgehead atoms. The van der Waals surface area contributed by atoms with Gasteiger partial charge in [-0.05, 0) is 18.6 Å². The summed E-state index contributed by atoms with van der Waals surface area (Å²) in [6.45, 7) is 2.28. The average molecular weight is 575 g/mol. The van der Waals surface area contributed by atoms with Gasteiger partial charge in [0.15, 0.2) is 0 Å². The molecule has 0 saturated carbocycles. The van der Waals surface area contributed by atoms with Crippen LogP contribution >= 0.6 is 0 Å². The average Bonchev–Trinajstić information content (AvgIpc) is 2.68. The second-order valence-corrected chi connectivity index (χ2v) is 7.84. The Labute approximate surface area is 194 Å². The molecule has 0 unspecified atom stereocenters. The predicted molar refractivity (Wildman–Crippen MR) is 116 cm³/mol. The molecule has 156 valence electrons. The third-order valence-corrected chi connectivity index (χ3v) is 5.21. The summed E-state index contributed by atoms with van der Waals surface area (Å²) >= 11 is 0. The summed E-state index contributed by atoms with van der Waals surface area (Å²) in [4.78, 5) is 11.7. The van der Waals surface area contributed by atoms with E-state index in [-0.39, 0.29) is 33.6 Å². The van der Waals surface area contributed by atoms with E-state index in [9.17, 15) is 4.79 Å². The molecule has 0 amide bonds. The number of rotatable bonds is 18. The van der Waals surface area contributed by atoms with Crippen LogP contribution in [-0.4, -0.2) is 5.97 Å². The normalized spacial score (nSPS) is 10.5. The van der Waals surface area contributed by atoms with Gasteiger partial charge in [0.25, 0.3) is 0 Å². The van der Waals surface area contributed by atoms with Crippen molar-refractivity contribution < 1.29 is 37.2 Å². The van der Waals surface area contributed by atoms with E-state index in [4.69, 9.17) is 4.74 Å². The first-order chi connectivity index (χ1) is 13.3. The summed E-state index contributed by atoms with van der Waals surface area (Å²) < 4.78 is 5.30. The molecular formula is C25H42HgO2. The van der Waals surface area contributed by atoms with Gasteiger partial charge in [-0.1, -0.05) is 121 Å². The van der Waals surface area contributed by atoms with Crippen molar-refractivity contribution in [3.63, 3.8) is 0 Å². The maximum atomic E-state index is 11.7. The van der Waals surface area contributed by atoms with Gasteiger partial charge in [-0.15, -0.1) is 0 Å². The van der Waals surface area contributed by atoms with Gasteiger partial charge in [0.1, 0.15) is 5.75 Å². The third-order valence-electron chi connectivity index (χ3n) is 5.21. The van der Waals surface area contributed by atoms with E-state index < -0.39 is 0 Å². The molecule has 0 aliphatic carbocycles. The Kier molecular flexibility index (Phi) is 21.1. The Morgan fingerprint density at radius 3 is 1.46 bits per heavy atom. The van der Waals surface area contributed by atoms with E-state index in [1.165, 1.54) is 89.9 Å². The number of benzene rings is 1. The summed E-state index contributed by atoms with van der Waals surface area (Å²) in [5, 5.41) is 0. The van der Waals surface area contributed by atoms with Crippen molar-refractivity contribution in [3.8, 4) is 5.75 Å². The number of ether oxygens (including phenoxy) is 1. The first-order valence-corrected chi connectivity index (χ1v) is 11.6. The van der Waals surface area contributed by atoms with Gasteiger partial charge >= 0.3 is 5.97 Å². The Balaban J connectivity index is 0.00000729. The van der Waals surface area contributed by atoms with Crippen molar-refractivity contribution >= 4 is 5.97 Å². The van der Waals surface area contributed by atoms with E-state index >= 15 is 0 Å². The van der Waals surface area contributed by atoms with Gasteiger partial charge in [-0.2, -0.15) is 0 Å². The number of para-hydroxylation sites is 1. The van der Waals surface area contributed by atoms with Crippen LogP contribution in [0.3, 0.4) is 0 Å². The topological polar surface area (TPSA) is 26.3 Å². The molecule has 0 heterocycles. The molecule has 0 aliphatic heterocycles. The van der Waals surface area contributed by atoms with Crippen LogP contribution in [0, 0.1) is 0 Å². The zero-order valence-corrected chi connectivity index (χ0v) is 23.9. The molecule has 28 heavy (non-hydrogen) atoms. The van der Waals surface area contributed by atoms with Gasteiger partial charge in [0, 0.05) is 34.1 Å². The van der Waals surface area contributed by atoms with Gasteiger partial charge in [0.05, 0.1) is 0 Å². The molecule has 1 aromatic carbocycles. The number of carbonyl (C=O) groups is 1. The fraction of sp³-hybridized carbons (Fsp3) is 0.720. The number of hydrogen-bond acceptors (Lipinski definition) is 2. The first-order valence-electron chi connectivity index (χ1n) is 11.6. The standard InChI is InChI=1S/C25H42O2.Hg/c1-2-3-4-5-6-7-8-9-10-11-12-13-14-15-16-20-23-25(26)27-24-21-18-17-19-22-24;/h17-19,21-22H,2-16,20,23H2,1H3;. The minimum Gasteiger partial charge on any atom is -0.427 e. The van der Waals surface area contributed by atoms with Gasteiger partial charge in [-0.3, -0.25) is 4.79 Å². The van der Waals surface area contributed by atoms with Gasteiger partial charge in [-0.25, -0.2) is 0 Å². The fourth-order valence-corrected chi connectivity index (χ4v) is 3.49. The molecule has 0 atom stereocenters. The molecule has 3 heteroatoms. The van der Waals surface area contributed by atoms with E-state index in [2.05, 4.69) is 6.92 Å². The SMILES string of the molecule is CCCCCCCCCCCCCCCCCCC(=O)Oc1ccccc1.[Hg]. The van der Waals surface area contributed by atoms with E-state index in [1.807, 2.05) is 30.3 Å². The molecule has 2 nitrogen and oxygen atoms in total. The van der Waals surface area contributed by atoms with Crippen LogP contribution < -0.4 is 4.74 Å². The Morgan fingerprint density at radius 2 is 1.04 bits per heavy atom. The number of esters is 1. The molecule has 0 aliphatic rings. The van der Waals surface area contributed by atoms with Crippen LogP contribution in [0.5, 0.6) is 5.75 Å². The monoisotopic (exact) mass is 576 g/mol. The molecule has 0 saturated heterocycles. The van der Waals surface area contributed by atoms with E-state index in [1.54, 1.807) is 0 Å². The number of hydrogen-bond donors (Lipinski definition) is 0. The molecule has 0 fully saturated rings. The van der Waals surface area contributed by atoms with Crippen LogP contribution in [-0.2, 0) is 32.5 Å². The predicted octanol–water partition coefficient (Wildman–Crippen LogP) is 8.24. The molecule has 0 N–H and O–H groups in total. The summed E-state index contributed by atoms with van der Waals surface area (Å²) in [7, 11) is 0. The van der Waals surface area contributed by atoms with Crippen molar-refractivity contribution in [2.24, 2.45) is 0 Å². The molecule has 0 spiro atoms. The maximum absolute atomic E-state index is 11.7. The van der Waals surface area contributed by atoms with Crippen LogP contribution in [0.2, 0.25) is 0 Å². The van der Waals surface area contributed by atoms with Crippen molar-refractivity contribution in [1.29, 1.82) is 0 Å². The van der Waals surface area contributed by atoms with Crippen molar-refractivity contribution in [2.45, 2.75) is 116 Å². The Hall–Kier alpha value is -0.375. The molecule has 1 rings (SSSR count). The third kappa shape index (κ3) is 17.7. The van der Waals surface area contributed by atoms with Gasteiger partial charge < -0.3 is 4.74 Å². The largest absolute Gasteiger partial charge is 0.427 e. The second-order valence-electron chi connectivity index (χ2n) is 7.84. The number of carbonyl (C=O) groups excluding carboxylic acids is 1. The van der Waals surface area contributed by atoms with E-state index in [0.29, 0.717) is 12.2 Å². The maximum Gasteiger partial charge on any atom is 0.311 e. The van der Waals surface area contributed by atoms with Gasteiger partial charge in [0.2, 0.25) is 0 Å². The Morgan fingerprint density at radius 1 is 0.643 bits per heavy atom. The smallest absolute Gasteiger partial charge is 0.311 e. The van der Waals surface area contributed by atoms with Crippen molar-refractivity contribution in [2.75, 3.05) is 0 Å². The first kappa shape index (κ1) is 27.6. The van der Waals surface area contributed by atoms with Crippen molar-refractivity contribution in [3.05, 3.63) is 30.3 Å². The van der Waals surface area contributed by atoms with Crippen LogP contribution in [0.15, 0.2) is 30.3 Å². The molecule has 1 aromatic rings. The second kappa shape index (κ2) is 21.3. The summed E-state index contributed by atoms with van der Waals surface area (Å²) in [5.41, 5.74) is 0. The van der Waals surface area contributed by atoms with E-state index in [0.717, 1.165) is 12.8 Å². The van der Waals surface area contributed by atoms with Crippen LogP contribution in [0.4, 0.5) is 0 Å². The summed E-state index contributed by atoms with van der Waals surface area (Å²) in [6.07, 6.45) is 22.1. The minimum absolute atomic E-state index is 0. The minimum atomic E-state index is -0.105. The van der Waals surface area contributed by atoms with Crippen LogP contribution in [0.1, 0.15) is 116 Å². The fourth-order valence-electron chi connectivity index (χ4n) is 3.49. The molecule has 0 aromatic heterocycles. The molecule has 0 radical (unpaired) electrons. The number of unbranched alkanes of at least 4 members (excludes halogenated alkanes) is 15. The zero-order chi connectivity index (χ0) is 19.4. The quantitative estimate of drug-likeness (QED) is 0.0763. The van der Waals surface area contributed by atoms with Crippen LogP contribution in [0.25, 0.3) is 0 Å². The Bertz CT molecular complexity index is 447. The van der Waals surface area contributed by atoms with Crippen molar-refractivity contribution in [1.82, 2.24) is 0 Å². The summed E-state index contributed by atoms with van der Waals surface area (Å²) in [5.74, 6) is 0.547.